The molecule has 1 atom stereocenters. The van der Waals surface area contributed by atoms with E-state index in [2.05, 4.69) is 53.1 Å². The monoisotopic (exact) mass is 490 g/mol. The van der Waals surface area contributed by atoms with E-state index < -0.39 is 0 Å². The number of nitrogens with zero attached hydrogens (tertiary/aromatic N) is 5. The Balaban J connectivity index is 1.79. The van der Waals surface area contributed by atoms with Crippen molar-refractivity contribution in [3.8, 4) is 0 Å². The SMILES string of the molecule is CCC[C@@H](c1nnnn1C(C)(C)CC)N(Cc1ccc(F)cc1)Cc1cc2ccc(C)cc2[nH]c1=O. The number of halogens is 1. The van der Waals surface area contributed by atoms with Crippen molar-refractivity contribution in [2.75, 3.05) is 0 Å². The van der Waals surface area contributed by atoms with Crippen LogP contribution < -0.4 is 5.56 Å². The molecule has 4 aromatic rings. The normalized spacial score (nSPS) is 13.0. The van der Waals surface area contributed by atoms with Crippen LogP contribution in [0.4, 0.5) is 4.39 Å². The average Bonchev–Trinajstić information content (AvgIpc) is 3.35. The van der Waals surface area contributed by atoms with Gasteiger partial charge < -0.3 is 4.98 Å². The van der Waals surface area contributed by atoms with Gasteiger partial charge in [-0.05, 0) is 84.8 Å². The second-order valence-electron chi connectivity index (χ2n) is 10.2. The predicted octanol–water partition coefficient (Wildman–Crippen LogP) is 5.65. The van der Waals surface area contributed by atoms with Gasteiger partial charge in [-0.1, -0.05) is 44.5 Å². The molecule has 8 heteroatoms. The summed E-state index contributed by atoms with van der Waals surface area (Å²) < 4.78 is 15.6. The van der Waals surface area contributed by atoms with Crippen LogP contribution in [0.5, 0.6) is 0 Å². The van der Waals surface area contributed by atoms with Gasteiger partial charge in [0.1, 0.15) is 5.82 Å². The minimum atomic E-state index is -0.273. The first kappa shape index (κ1) is 25.7. The lowest BCUT2D eigenvalue weighted by atomic mass is 10.00. The van der Waals surface area contributed by atoms with Crippen molar-refractivity contribution in [3.63, 3.8) is 0 Å². The van der Waals surface area contributed by atoms with Crippen molar-refractivity contribution < 1.29 is 4.39 Å². The van der Waals surface area contributed by atoms with Crippen LogP contribution in [0.3, 0.4) is 0 Å². The fourth-order valence-electron chi connectivity index (χ4n) is 4.53. The topological polar surface area (TPSA) is 79.7 Å². The molecule has 2 aromatic heterocycles. The van der Waals surface area contributed by atoms with Crippen molar-refractivity contribution in [2.24, 2.45) is 0 Å². The largest absolute Gasteiger partial charge is 0.322 e. The van der Waals surface area contributed by atoms with Crippen LogP contribution in [0.2, 0.25) is 0 Å². The summed E-state index contributed by atoms with van der Waals surface area (Å²) in [5.41, 5.74) is 3.18. The molecule has 7 nitrogen and oxygen atoms in total. The Kier molecular flexibility index (Phi) is 7.64. The Morgan fingerprint density at radius 2 is 1.83 bits per heavy atom. The second kappa shape index (κ2) is 10.7. The molecule has 0 aliphatic heterocycles. The minimum absolute atomic E-state index is 0.110. The number of aryl methyl sites for hydroxylation is 1. The number of nitrogens with one attached hydrogen (secondary N) is 1. The zero-order chi connectivity index (χ0) is 25.9. The maximum absolute atomic E-state index is 13.6. The molecule has 0 bridgehead atoms. The number of hydrogen-bond donors (Lipinski definition) is 1. The van der Waals surface area contributed by atoms with Crippen LogP contribution in [0.15, 0.2) is 53.3 Å². The third-order valence-electron chi connectivity index (χ3n) is 6.98. The van der Waals surface area contributed by atoms with Crippen molar-refractivity contribution in [3.05, 3.63) is 87.2 Å². The summed E-state index contributed by atoms with van der Waals surface area (Å²) in [6.07, 6.45) is 2.59. The van der Waals surface area contributed by atoms with Gasteiger partial charge in [-0.3, -0.25) is 9.69 Å². The maximum Gasteiger partial charge on any atom is 0.252 e. The second-order valence-corrected chi connectivity index (χ2v) is 10.2. The molecule has 0 radical (unpaired) electrons. The highest BCUT2D eigenvalue weighted by Gasteiger charge is 2.31. The minimum Gasteiger partial charge on any atom is -0.322 e. The lowest BCUT2D eigenvalue weighted by molar-refractivity contribution is 0.145. The standard InChI is InChI=1S/C28H35FN6O/c1-6-8-25(26-31-32-33-35(26)28(4,5)7-2)34(17-20-10-13-23(29)14-11-20)18-22-16-21-12-9-19(3)15-24(21)30-27(22)36/h9-16,25H,6-8,17-18H2,1-5H3,(H,30,36)/t25-/m0/s1. The molecule has 0 fully saturated rings. The van der Waals surface area contributed by atoms with Gasteiger partial charge in [0.15, 0.2) is 5.82 Å². The number of rotatable bonds is 10. The molecular formula is C28H35FN6O. The van der Waals surface area contributed by atoms with E-state index in [0.29, 0.717) is 18.7 Å². The number of aromatic nitrogens is 5. The molecule has 0 aliphatic carbocycles. The van der Waals surface area contributed by atoms with E-state index in [0.717, 1.165) is 47.1 Å². The van der Waals surface area contributed by atoms with Gasteiger partial charge in [-0.25, -0.2) is 9.07 Å². The summed E-state index contributed by atoms with van der Waals surface area (Å²) in [4.78, 5) is 18.4. The quantitative estimate of drug-likeness (QED) is 0.311. The molecular weight excluding hydrogens is 455 g/mol. The Morgan fingerprint density at radius 3 is 2.53 bits per heavy atom. The first-order valence-corrected chi connectivity index (χ1v) is 12.6. The number of aromatic amines is 1. The first-order valence-electron chi connectivity index (χ1n) is 12.6. The maximum atomic E-state index is 13.6. The number of tetrazole rings is 1. The molecule has 2 heterocycles. The molecule has 0 saturated heterocycles. The van der Waals surface area contributed by atoms with Crippen LogP contribution in [-0.4, -0.2) is 30.1 Å². The van der Waals surface area contributed by atoms with Gasteiger partial charge in [0.2, 0.25) is 0 Å². The van der Waals surface area contributed by atoms with Crippen LogP contribution in [0, 0.1) is 12.7 Å². The number of pyridine rings is 1. The Bertz CT molecular complexity index is 1380. The van der Waals surface area contributed by atoms with Gasteiger partial charge >= 0.3 is 0 Å². The van der Waals surface area contributed by atoms with Crippen LogP contribution in [0.1, 0.15) is 75.5 Å². The Hall–Kier alpha value is -3.39. The van der Waals surface area contributed by atoms with Gasteiger partial charge in [0, 0.05) is 24.2 Å². The van der Waals surface area contributed by atoms with Gasteiger partial charge in [0.05, 0.1) is 11.6 Å². The Labute approximate surface area is 211 Å². The molecule has 0 aliphatic rings. The smallest absolute Gasteiger partial charge is 0.252 e. The van der Waals surface area contributed by atoms with Crippen molar-refractivity contribution in [1.82, 2.24) is 30.1 Å². The number of benzene rings is 2. The zero-order valence-corrected chi connectivity index (χ0v) is 21.8. The van der Waals surface area contributed by atoms with Crippen molar-refractivity contribution in [2.45, 2.75) is 78.6 Å². The van der Waals surface area contributed by atoms with E-state index in [1.807, 2.05) is 35.9 Å². The number of hydrogen-bond acceptors (Lipinski definition) is 5. The van der Waals surface area contributed by atoms with E-state index in [1.165, 1.54) is 12.1 Å². The van der Waals surface area contributed by atoms with Gasteiger partial charge in [-0.15, -0.1) is 5.10 Å². The fraction of sp³-hybridized carbons (Fsp3) is 0.429. The lowest BCUT2D eigenvalue weighted by Gasteiger charge is -2.33. The third kappa shape index (κ3) is 5.54. The average molecular weight is 491 g/mol. The molecule has 2 aromatic carbocycles. The fourth-order valence-corrected chi connectivity index (χ4v) is 4.53. The highest BCUT2D eigenvalue weighted by molar-refractivity contribution is 5.79. The van der Waals surface area contributed by atoms with E-state index in [1.54, 1.807) is 12.1 Å². The van der Waals surface area contributed by atoms with Crippen molar-refractivity contribution >= 4 is 10.9 Å². The Morgan fingerprint density at radius 1 is 1.08 bits per heavy atom. The highest BCUT2D eigenvalue weighted by Crippen LogP contribution is 2.31. The molecule has 36 heavy (non-hydrogen) atoms. The van der Waals surface area contributed by atoms with E-state index in [9.17, 15) is 9.18 Å². The molecule has 0 spiro atoms. The van der Waals surface area contributed by atoms with Crippen LogP contribution in [-0.2, 0) is 18.6 Å². The summed E-state index contributed by atoms with van der Waals surface area (Å²) in [6, 6.07) is 14.4. The van der Waals surface area contributed by atoms with E-state index >= 15 is 0 Å². The zero-order valence-electron chi connectivity index (χ0n) is 21.8. The number of fused-ring (bicyclic) bond motifs is 1. The molecule has 4 rings (SSSR count). The molecule has 190 valence electrons. The van der Waals surface area contributed by atoms with Crippen LogP contribution in [0.25, 0.3) is 10.9 Å². The third-order valence-corrected chi connectivity index (χ3v) is 6.98. The summed E-state index contributed by atoms with van der Waals surface area (Å²) in [7, 11) is 0. The predicted molar refractivity (Wildman–Crippen MR) is 140 cm³/mol. The molecule has 0 unspecified atom stereocenters. The number of H-pyrrole nitrogens is 1. The molecule has 0 amide bonds. The van der Waals surface area contributed by atoms with Crippen molar-refractivity contribution in [1.29, 1.82) is 0 Å². The van der Waals surface area contributed by atoms with Gasteiger partial charge in [0.25, 0.3) is 5.56 Å². The summed E-state index contributed by atoms with van der Waals surface area (Å²) >= 11 is 0. The summed E-state index contributed by atoms with van der Waals surface area (Å²) in [5, 5.41) is 13.8. The highest BCUT2D eigenvalue weighted by atomic mass is 19.1. The van der Waals surface area contributed by atoms with Crippen LogP contribution >= 0.6 is 0 Å². The summed E-state index contributed by atoms with van der Waals surface area (Å²) in [5.74, 6) is 0.504. The molecule has 1 N–H and O–H groups in total. The van der Waals surface area contributed by atoms with E-state index in [4.69, 9.17) is 0 Å². The lowest BCUT2D eigenvalue weighted by Crippen LogP contribution is -2.36. The van der Waals surface area contributed by atoms with Gasteiger partial charge in [-0.2, -0.15) is 0 Å². The molecule has 0 saturated carbocycles. The summed E-state index contributed by atoms with van der Waals surface area (Å²) in [6.45, 7) is 11.4. The first-order chi connectivity index (χ1) is 17.2. The van der Waals surface area contributed by atoms with E-state index in [-0.39, 0.29) is 23.0 Å².